The molecule has 116 valence electrons. The standard InChI is InChI=1S/C16H30N2O2/c1-3-17-10-7-8-16(9-13-17,14-15(19)20-4-2)18-11-5-6-12-18/h3-14H2,1-2H3. The van der Waals surface area contributed by atoms with E-state index in [0.29, 0.717) is 13.0 Å². The molecule has 1 unspecified atom stereocenters. The minimum absolute atomic E-state index is 0.00986. The van der Waals surface area contributed by atoms with Crippen molar-refractivity contribution >= 4 is 5.97 Å². The third kappa shape index (κ3) is 3.73. The summed E-state index contributed by atoms with van der Waals surface area (Å²) in [6.07, 6.45) is 6.59. The van der Waals surface area contributed by atoms with E-state index in [1.54, 1.807) is 0 Å². The van der Waals surface area contributed by atoms with Crippen molar-refractivity contribution in [1.82, 2.24) is 9.80 Å². The van der Waals surface area contributed by atoms with Crippen LogP contribution in [0.3, 0.4) is 0 Å². The molecular formula is C16H30N2O2. The zero-order valence-corrected chi connectivity index (χ0v) is 13.2. The molecule has 2 rings (SSSR count). The molecule has 0 radical (unpaired) electrons. The van der Waals surface area contributed by atoms with E-state index < -0.39 is 0 Å². The molecule has 2 heterocycles. The summed E-state index contributed by atoms with van der Waals surface area (Å²) in [5, 5.41) is 0. The molecule has 0 bridgehead atoms. The predicted molar refractivity (Wildman–Crippen MR) is 80.8 cm³/mol. The van der Waals surface area contributed by atoms with Crippen molar-refractivity contribution in [2.24, 2.45) is 0 Å². The van der Waals surface area contributed by atoms with E-state index >= 15 is 0 Å². The van der Waals surface area contributed by atoms with Gasteiger partial charge in [-0.3, -0.25) is 9.69 Å². The molecule has 20 heavy (non-hydrogen) atoms. The summed E-state index contributed by atoms with van der Waals surface area (Å²) in [6.45, 7) is 10.4. The monoisotopic (exact) mass is 282 g/mol. The lowest BCUT2D eigenvalue weighted by molar-refractivity contribution is -0.146. The minimum atomic E-state index is -0.00986. The Morgan fingerprint density at radius 2 is 1.80 bits per heavy atom. The van der Waals surface area contributed by atoms with Gasteiger partial charge in [-0.25, -0.2) is 0 Å². The molecule has 0 saturated carbocycles. The van der Waals surface area contributed by atoms with E-state index in [9.17, 15) is 4.79 Å². The molecule has 0 aliphatic carbocycles. The van der Waals surface area contributed by atoms with Crippen molar-refractivity contribution in [3.8, 4) is 0 Å². The first-order chi connectivity index (χ1) is 9.70. The van der Waals surface area contributed by atoms with Gasteiger partial charge in [0.1, 0.15) is 0 Å². The number of hydrogen-bond donors (Lipinski definition) is 0. The number of ether oxygens (including phenoxy) is 1. The molecule has 0 aromatic carbocycles. The van der Waals surface area contributed by atoms with Crippen molar-refractivity contribution in [3.63, 3.8) is 0 Å². The summed E-state index contributed by atoms with van der Waals surface area (Å²) >= 11 is 0. The Morgan fingerprint density at radius 1 is 1.05 bits per heavy atom. The first kappa shape index (κ1) is 15.8. The number of likely N-dealkylation sites (tertiary alicyclic amines) is 2. The molecule has 4 heteroatoms. The fourth-order valence-electron chi connectivity index (χ4n) is 3.83. The van der Waals surface area contributed by atoms with Crippen LogP contribution in [0.5, 0.6) is 0 Å². The SMILES string of the molecule is CCOC(=O)CC1(N2CCCC2)CCCN(CC)CC1. The number of esters is 1. The second-order valence-electron chi connectivity index (χ2n) is 6.19. The zero-order valence-electron chi connectivity index (χ0n) is 13.2. The van der Waals surface area contributed by atoms with Gasteiger partial charge in [0.25, 0.3) is 0 Å². The first-order valence-corrected chi connectivity index (χ1v) is 8.33. The molecule has 0 amide bonds. The van der Waals surface area contributed by atoms with E-state index in [2.05, 4.69) is 16.7 Å². The Hall–Kier alpha value is -0.610. The summed E-state index contributed by atoms with van der Waals surface area (Å²) in [5.41, 5.74) is 0.0622. The van der Waals surface area contributed by atoms with Crippen molar-refractivity contribution in [1.29, 1.82) is 0 Å². The topological polar surface area (TPSA) is 32.8 Å². The number of rotatable bonds is 5. The Bertz CT molecular complexity index is 316. The van der Waals surface area contributed by atoms with Crippen LogP contribution in [0.4, 0.5) is 0 Å². The lowest BCUT2D eigenvalue weighted by atomic mass is 9.85. The van der Waals surface area contributed by atoms with Gasteiger partial charge in [-0.2, -0.15) is 0 Å². The average molecular weight is 282 g/mol. The van der Waals surface area contributed by atoms with E-state index in [-0.39, 0.29) is 11.5 Å². The maximum atomic E-state index is 12.1. The summed E-state index contributed by atoms with van der Waals surface area (Å²) in [4.78, 5) is 17.2. The molecule has 4 nitrogen and oxygen atoms in total. The molecule has 1 atom stereocenters. The fraction of sp³-hybridized carbons (Fsp3) is 0.938. The van der Waals surface area contributed by atoms with Gasteiger partial charge in [0.05, 0.1) is 13.0 Å². The predicted octanol–water partition coefficient (Wildman–Crippen LogP) is 2.28. The summed E-state index contributed by atoms with van der Waals surface area (Å²) in [5.74, 6) is -0.00986. The van der Waals surface area contributed by atoms with Crippen molar-refractivity contribution < 1.29 is 9.53 Å². The van der Waals surface area contributed by atoms with Gasteiger partial charge < -0.3 is 9.64 Å². The van der Waals surface area contributed by atoms with Crippen LogP contribution in [-0.2, 0) is 9.53 Å². The molecule has 0 spiro atoms. The van der Waals surface area contributed by atoms with E-state index in [1.165, 1.54) is 25.8 Å². The maximum Gasteiger partial charge on any atom is 0.307 e. The second kappa shape index (κ2) is 7.41. The van der Waals surface area contributed by atoms with Gasteiger partial charge in [-0.1, -0.05) is 6.92 Å². The highest BCUT2D eigenvalue weighted by Gasteiger charge is 2.41. The number of nitrogens with zero attached hydrogens (tertiary/aromatic N) is 2. The minimum Gasteiger partial charge on any atom is -0.466 e. The Labute approximate surface area is 123 Å². The highest BCUT2D eigenvalue weighted by Crippen LogP contribution is 2.35. The molecule has 2 fully saturated rings. The van der Waals surface area contributed by atoms with Crippen molar-refractivity contribution in [2.75, 3.05) is 39.3 Å². The number of carbonyl (C=O) groups excluding carboxylic acids is 1. The van der Waals surface area contributed by atoms with Gasteiger partial charge in [-0.05, 0) is 71.8 Å². The molecule has 2 saturated heterocycles. The summed E-state index contributed by atoms with van der Waals surface area (Å²) < 4.78 is 5.24. The van der Waals surface area contributed by atoms with Gasteiger partial charge in [0, 0.05) is 5.54 Å². The summed E-state index contributed by atoms with van der Waals surface area (Å²) in [6, 6.07) is 0. The van der Waals surface area contributed by atoms with Crippen LogP contribution in [0, 0.1) is 0 Å². The number of hydrogen-bond acceptors (Lipinski definition) is 4. The van der Waals surface area contributed by atoms with Crippen LogP contribution < -0.4 is 0 Å². The largest absolute Gasteiger partial charge is 0.466 e. The van der Waals surface area contributed by atoms with Crippen molar-refractivity contribution in [2.45, 2.75) is 57.9 Å². The lowest BCUT2D eigenvalue weighted by Gasteiger charge is -2.41. The van der Waals surface area contributed by atoms with Crippen LogP contribution >= 0.6 is 0 Å². The van der Waals surface area contributed by atoms with Crippen LogP contribution in [0.15, 0.2) is 0 Å². The fourth-order valence-corrected chi connectivity index (χ4v) is 3.83. The van der Waals surface area contributed by atoms with Crippen LogP contribution in [0.2, 0.25) is 0 Å². The average Bonchev–Trinajstić information content (AvgIpc) is 2.89. The van der Waals surface area contributed by atoms with Gasteiger partial charge >= 0.3 is 5.97 Å². The second-order valence-corrected chi connectivity index (χ2v) is 6.19. The van der Waals surface area contributed by atoms with Gasteiger partial charge in [0.2, 0.25) is 0 Å². The van der Waals surface area contributed by atoms with Crippen LogP contribution in [0.25, 0.3) is 0 Å². The summed E-state index contributed by atoms with van der Waals surface area (Å²) in [7, 11) is 0. The van der Waals surface area contributed by atoms with Gasteiger partial charge in [-0.15, -0.1) is 0 Å². The zero-order chi connectivity index (χ0) is 14.4. The first-order valence-electron chi connectivity index (χ1n) is 8.33. The third-order valence-corrected chi connectivity index (χ3v) is 5.01. The van der Waals surface area contributed by atoms with E-state index in [4.69, 9.17) is 4.74 Å². The Kier molecular flexibility index (Phi) is 5.85. The van der Waals surface area contributed by atoms with Crippen LogP contribution in [0.1, 0.15) is 52.4 Å². The van der Waals surface area contributed by atoms with E-state index in [0.717, 1.165) is 39.0 Å². The highest BCUT2D eigenvalue weighted by molar-refractivity contribution is 5.71. The molecule has 2 aliphatic heterocycles. The molecule has 0 aromatic heterocycles. The quantitative estimate of drug-likeness (QED) is 0.724. The lowest BCUT2D eigenvalue weighted by Crippen LogP contribution is -2.49. The van der Waals surface area contributed by atoms with Crippen LogP contribution in [-0.4, -0.2) is 60.6 Å². The van der Waals surface area contributed by atoms with E-state index in [1.807, 2.05) is 6.92 Å². The van der Waals surface area contributed by atoms with Crippen molar-refractivity contribution in [3.05, 3.63) is 0 Å². The number of carbonyl (C=O) groups is 1. The molecule has 0 aromatic rings. The third-order valence-electron chi connectivity index (χ3n) is 5.01. The smallest absolute Gasteiger partial charge is 0.307 e. The normalized spacial score (nSPS) is 29.3. The Balaban J connectivity index is 2.08. The van der Waals surface area contributed by atoms with Gasteiger partial charge in [0.15, 0.2) is 0 Å². The maximum absolute atomic E-state index is 12.1. The molecule has 0 N–H and O–H groups in total. The Morgan fingerprint density at radius 3 is 2.45 bits per heavy atom. The highest BCUT2D eigenvalue weighted by atomic mass is 16.5. The molecule has 2 aliphatic rings. The molecular weight excluding hydrogens is 252 g/mol.